The highest BCUT2D eigenvalue weighted by atomic mass is 35.5. The third kappa shape index (κ3) is 3.55. The molecule has 5 rings (SSSR count). The third-order valence-electron chi connectivity index (χ3n) is 6.50. The molecule has 0 saturated heterocycles. The van der Waals surface area contributed by atoms with Crippen LogP contribution in [-0.2, 0) is 6.42 Å². The number of aliphatic hydroxyl groups excluding tert-OH is 2. The minimum atomic E-state index is -1.60. The fraction of sp³-hybridized carbons (Fsp3) is 0.318. The zero-order valence-corrected chi connectivity index (χ0v) is 18.1. The maximum absolute atomic E-state index is 14.6. The molecule has 3 heterocycles. The first kappa shape index (κ1) is 21.8. The Balaban J connectivity index is 1.40. The van der Waals surface area contributed by atoms with Crippen molar-refractivity contribution in [3.8, 4) is 0 Å². The van der Waals surface area contributed by atoms with Crippen molar-refractivity contribution in [2.75, 3.05) is 11.5 Å². The molecule has 4 atom stereocenters. The fourth-order valence-electron chi connectivity index (χ4n) is 4.69. The van der Waals surface area contributed by atoms with E-state index in [0.29, 0.717) is 27.9 Å². The van der Waals surface area contributed by atoms with Crippen LogP contribution in [0.4, 0.5) is 16.0 Å². The number of nitrogen functional groups attached to an aromatic ring is 2. The summed E-state index contributed by atoms with van der Waals surface area (Å²) in [6.45, 7) is 0. The number of aromatic nitrogens is 4. The average molecular weight is 473 g/mol. The number of pyridine rings is 1. The summed E-state index contributed by atoms with van der Waals surface area (Å²) in [5.74, 6) is -0.110. The Bertz CT molecular complexity index is 1380. The summed E-state index contributed by atoms with van der Waals surface area (Å²) in [7, 11) is 0. The molecule has 0 aliphatic heterocycles. The maximum atomic E-state index is 14.6. The van der Waals surface area contributed by atoms with Crippen LogP contribution in [-0.4, -0.2) is 52.6 Å². The molecule has 0 spiro atoms. The molecule has 0 bridgehead atoms. The number of halogens is 2. The Morgan fingerprint density at radius 3 is 2.73 bits per heavy atom. The molecule has 0 radical (unpaired) electrons. The van der Waals surface area contributed by atoms with Crippen LogP contribution in [0.2, 0.25) is 5.02 Å². The summed E-state index contributed by atoms with van der Waals surface area (Å²) >= 11 is 5.94. The van der Waals surface area contributed by atoms with Gasteiger partial charge in [-0.15, -0.1) is 0 Å². The Morgan fingerprint density at radius 1 is 1.15 bits per heavy atom. The second-order valence-electron chi connectivity index (χ2n) is 8.53. The van der Waals surface area contributed by atoms with E-state index in [1.807, 2.05) is 0 Å². The molecular formula is C22H22ClFN6O3. The van der Waals surface area contributed by atoms with Crippen molar-refractivity contribution >= 4 is 45.2 Å². The van der Waals surface area contributed by atoms with E-state index in [2.05, 4.69) is 15.0 Å². The van der Waals surface area contributed by atoms with Crippen LogP contribution < -0.4 is 11.5 Å². The van der Waals surface area contributed by atoms with E-state index in [9.17, 15) is 19.7 Å². The summed E-state index contributed by atoms with van der Waals surface area (Å²) in [5, 5.41) is 33.7. The Morgan fingerprint density at radius 2 is 1.94 bits per heavy atom. The van der Waals surface area contributed by atoms with Crippen molar-refractivity contribution in [3.05, 3.63) is 53.2 Å². The van der Waals surface area contributed by atoms with Gasteiger partial charge in [0, 0.05) is 18.0 Å². The van der Waals surface area contributed by atoms with Crippen LogP contribution in [0.3, 0.4) is 0 Å². The van der Waals surface area contributed by atoms with Crippen molar-refractivity contribution in [1.82, 2.24) is 19.5 Å². The summed E-state index contributed by atoms with van der Waals surface area (Å²) in [6.07, 6.45) is 0.774. The second-order valence-corrected chi connectivity index (χ2v) is 8.94. The number of nitrogens with zero attached hydrogens (tertiary/aromatic N) is 4. The highest BCUT2D eigenvalue weighted by Crippen LogP contribution is 2.42. The summed E-state index contributed by atoms with van der Waals surface area (Å²) in [6, 6.07) is 5.53. The van der Waals surface area contributed by atoms with Crippen LogP contribution in [0, 0.1) is 5.82 Å². The van der Waals surface area contributed by atoms with Gasteiger partial charge < -0.3 is 31.4 Å². The van der Waals surface area contributed by atoms with Gasteiger partial charge in [-0.1, -0.05) is 11.6 Å². The highest BCUT2D eigenvalue weighted by molar-refractivity contribution is 6.33. The van der Waals surface area contributed by atoms with Gasteiger partial charge in [-0.3, -0.25) is 0 Å². The van der Waals surface area contributed by atoms with E-state index in [1.54, 1.807) is 22.9 Å². The summed E-state index contributed by atoms with van der Waals surface area (Å²) in [4.78, 5) is 12.3. The Hall–Kier alpha value is -3.05. The van der Waals surface area contributed by atoms with Crippen LogP contribution >= 0.6 is 11.6 Å². The topological polar surface area (TPSA) is 156 Å². The molecule has 3 aromatic heterocycles. The zero-order valence-electron chi connectivity index (χ0n) is 17.4. The molecule has 4 aromatic rings. The number of nitrogens with two attached hydrogens (primary N) is 2. The minimum absolute atomic E-state index is 0.0693. The number of hydrogen-bond donors (Lipinski definition) is 5. The van der Waals surface area contributed by atoms with Gasteiger partial charge in [0.25, 0.3) is 0 Å². The zero-order chi connectivity index (χ0) is 23.5. The van der Waals surface area contributed by atoms with Gasteiger partial charge in [-0.05, 0) is 42.7 Å². The van der Waals surface area contributed by atoms with Crippen molar-refractivity contribution in [2.45, 2.75) is 43.1 Å². The van der Waals surface area contributed by atoms with Gasteiger partial charge in [-0.2, -0.15) is 0 Å². The maximum Gasteiger partial charge on any atom is 0.145 e. The molecule has 0 amide bonds. The number of rotatable bonds is 4. The Kier molecular flexibility index (Phi) is 5.13. The number of anilines is 2. The molecule has 1 saturated carbocycles. The van der Waals surface area contributed by atoms with E-state index in [4.69, 9.17) is 23.1 Å². The van der Waals surface area contributed by atoms with Gasteiger partial charge in [-0.25, -0.2) is 19.3 Å². The molecule has 172 valence electrons. The lowest BCUT2D eigenvalue weighted by Gasteiger charge is -2.27. The predicted octanol–water partition coefficient (Wildman–Crippen LogP) is 1.97. The lowest BCUT2D eigenvalue weighted by Crippen LogP contribution is -2.42. The van der Waals surface area contributed by atoms with Crippen LogP contribution in [0.15, 0.2) is 36.8 Å². The van der Waals surface area contributed by atoms with E-state index >= 15 is 0 Å². The standard InChI is InChI=1S/C22H22ClFN6O3/c23-13-7-12-14(24)5-10(6-15(12)29-20(13)26)1-3-22(33)8-16(17(31)18(22)32)30-4-2-11-19(25)27-9-28-21(11)30/h2,4-7,9,16-18,31-33H,1,3,8H2,(H2,26,29)(H2,25,27,28)/t16-,17+,18+,22-/m1/s1. The lowest BCUT2D eigenvalue weighted by atomic mass is 9.91. The quantitative estimate of drug-likeness (QED) is 0.302. The number of fused-ring (bicyclic) bond motifs is 2. The second kappa shape index (κ2) is 7.77. The van der Waals surface area contributed by atoms with Gasteiger partial charge in [0.15, 0.2) is 0 Å². The smallest absolute Gasteiger partial charge is 0.145 e. The number of aryl methyl sites for hydroxylation is 1. The van der Waals surface area contributed by atoms with Crippen molar-refractivity contribution in [3.63, 3.8) is 0 Å². The SMILES string of the molecule is Nc1nc2cc(CC[C@@]3(O)C[C@@H](n4ccc5c(N)ncnc54)[C@H](O)[C@@H]3O)cc(F)c2cc1Cl. The molecule has 33 heavy (non-hydrogen) atoms. The average Bonchev–Trinajstić information content (AvgIpc) is 3.30. The summed E-state index contributed by atoms with van der Waals surface area (Å²) in [5.41, 5.74) is 11.4. The van der Waals surface area contributed by atoms with Gasteiger partial charge in [0.1, 0.15) is 41.6 Å². The fourth-order valence-corrected chi connectivity index (χ4v) is 4.84. The summed E-state index contributed by atoms with van der Waals surface area (Å²) < 4.78 is 16.3. The molecule has 1 fully saturated rings. The monoisotopic (exact) mass is 472 g/mol. The molecule has 1 aliphatic rings. The van der Waals surface area contributed by atoms with E-state index < -0.39 is 29.7 Å². The van der Waals surface area contributed by atoms with Crippen molar-refractivity contribution in [2.24, 2.45) is 0 Å². The Labute approximate surface area is 192 Å². The van der Waals surface area contributed by atoms with Crippen molar-refractivity contribution < 1.29 is 19.7 Å². The minimum Gasteiger partial charge on any atom is -0.388 e. The van der Waals surface area contributed by atoms with Gasteiger partial charge in [0.05, 0.1) is 27.6 Å². The highest BCUT2D eigenvalue weighted by Gasteiger charge is 2.52. The van der Waals surface area contributed by atoms with E-state index in [0.717, 1.165) is 0 Å². The molecule has 1 aliphatic carbocycles. The van der Waals surface area contributed by atoms with Crippen LogP contribution in [0.5, 0.6) is 0 Å². The van der Waals surface area contributed by atoms with Crippen molar-refractivity contribution in [1.29, 1.82) is 0 Å². The predicted molar refractivity (Wildman–Crippen MR) is 122 cm³/mol. The number of aliphatic hydroxyl groups is 3. The van der Waals surface area contributed by atoms with Crippen LogP contribution in [0.25, 0.3) is 21.9 Å². The first-order valence-corrected chi connectivity index (χ1v) is 10.8. The van der Waals surface area contributed by atoms with E-state index in [-0.39, 0.29) is 35.5 Å². The first-order valence-electron chi connectivity index (χ1n) is 10.4. The van der Waals surface area contributed by atoms with E-state index in [1.165, 1.54) is 18.5 Å². The molecular weight excluding hydrogens is 451 g/mol. The largest absolute Gasteiger partial charge is 0.388 e. The third-order valence-corrected chi connectivity index (χ3v) is 6.80. The van der Waals surface area contributed by atoms with Crippen LogP contribution in [0.1, 0.15) is 24.4 Å². The number of benzene rings is 1. The first-order chi connectivity index (χ1) is 15.7. The van der Waals surface area contributed by atoms with Gasteiger partial charge in [0.2, 0.25) is 0 Å². The molecule has 1 aromatic carbocycles. The van der Waals surface area contributed by atoms with Gasteiger partial charge >= 0.3 is 0 Å². The molecule has 0 unspecified atom stereocenters. The molecule has 7 N–H and O–H groups in total. The number of hydrogen-bond acceptors (Lipinski definition) is 8. The lowest BCUT2D eigenvalue weighted by molar-refractivity contribution is -0.0911. The molecule has 11 heteroatoms. The molecule has 9 nitrogen and oxygen atoms in total. The normalized spacial score (nSPS) is 25.3.